The van der Waals surface area contributed by atoms with Crippen molar-refractivity contribution in [3.8, 4) is 0 Å². The van der Waals surface area contributed by atoms with Crippen LogP contribution < -0.4 is 0 Å². The minimum absolute atomic E-state index is 0.0124. The number of amides is 3. The highest BCUT2D eigenvalue weighted by Crippen LogP contribution is 2.43. The summed E-state index contributed by atoms with van der Waals surface area (Å²) in [6.07, 6.45) is -9.04. The molecule has 2 saturated heterocycles. The van der Waals surface area contributed by atoms with E-state index in [1.807, 2.05) is 19.2 Å². The first kappa shape index (κ1) is 27.3. The van der Waals surface area contributed by atoms with Crippen molar-refractivity contribution in [1.82, 2.24) is 14.7 Å². The lowest BCUT2D eigenvalue weighted by atomic mass is 9.96. The number of benzene rings is 1. The fraction of sp³-hybridized carbons (Fsp3) is 0.520. The first-order valence-electron chi connectivity index (χ1n) is 11.8. The predicted octanol–water partition coefficient (Wildman–Crippen LogP) is 6.56. The maximum absolute atomic E-state index is 13.8. The molecule has 37 heavy (non-hydrogen) atoms. The standard InChI is InChI=1S/C25H27F6N3O2S/c1-13-12-37-22(14(13)2)21-19-5-6-20(35)33(19)7-8-34(21)23(36)32(4)15(3)16-9-17(24(26,27)28)11-18(10-16)25(29,30)31/h9-12,15,19,21H,5-8H2,1-4H3. The molecule has 0 spiro atoms. The summed E-state index contributed by atoms with van der Waals surface area (Å²) in [7, 11) is 1.37. The molecule has 0 aliphatic carbocycles. The van der Waals surface area contributed by atoms with Gasteiger partial charge in [-0.2, -0.15) is 26.3 Å². The summed E-state index contributed by atoms with van der Waals surface area (Å²) in [4.78, 5) is 31.7. The molecule has 0 bridgehead atoms. The molecule has 3 atom stereocenters. The maximum Gasteiger partial charge on any atom is 0.416 e. The maximum atomic E-state index is 13.8. The van der Waals surface area contributed by atoms with Gasteiger partial charge in [-0.1, -0.05) is 0 Å². The number of thiophene rings is 1. The van der Waals surface area contributed by atoms with E-state index in [2.05, 4.69) is 0 Å². The van der Waals surface area contributed by atoms with Crippen molar-refractivity contribution < 1.29 is 35.9 Å². The summed E-state index contributed by atoms with van der Waals surface area (Å²) in [5.41, 5.74) is -1.08. The van der Waals surface area contributed by atoms with Crippen LogP contribution >= 0.6 is 11.3 Å². The van der Waals surface area contributed by atoms with Gasteiger partial charge < -0.3 is 14.7 Å². The van der Waals surface area contributed by atoms with Crippen molar-refractivity contribution in [2.45, 2.75) is 64.1 Å². The van der Waals surface area contributed by atoms with E-state index >= 15 is 0 Å². The van der Waals surface area contributed by atoms with Crippen LogP contribution in [-0.4, -0.2) is 52.8 Å². The van der Waals surface area contributed by atoms with Crippen molar-refractivity contribution in [3.63, 3.8) is 0 Å². The Labute approximate surface area is 214 Å². The van der Waals surface area contributed by atoms with Crippen LogP contribution in [0.4, 0.5) is 31.1 Å². The second-order valence-electron chi connectivity index (χ2n) is 9.65. The van der Waals surface area contributed by atoms with Crippen LogP contribution in [0.2, 0.25) is 0 Å². The molecular formula is C25H27F6N3O2S. The Balaban J connectivity index is 1.69. The topological polar surface area (TPSA) is 43.9 Å². The fourth-order valence-corrected chi connectivity index (χ4v) is 6.34. The van der Waals surface area contributed by atoms with Gasteiger partial charge in [-0.25, -0.2) is 4.79 Å². The molecule has 2 aliphatic heterocycles. The Morgan fingerprint density at radius 2 is 1.65 bits per heavy atom. The van der Waals surface area contributed by atoms with Crippen LogP contribution in [0.15, 0.2) is 23.6 Å². The van der Waals surface area contributed by atoms with E-state index in [1.165, 1.54) is 30.2 Å². The SMILES string of the molecule is Cc1csc(C2C3CCC(=O)N3CCN2C(=O)N(C)C(C)c2cc(C(F)(F)F)cc(C(F)(F)F)c2)c1C. The van der Waals surface area contributed by atoms with E-state index in [1.54, 1.807) is 9.80 Å². The van der Waals surface area contributed by atoms with E-state index < -0.39 is 41.6 Å². The van der Waals surface area contributed by atoms with Crippen LogP contribution in [0, 0.1) is 13.8 Å². The molecule has 3 amide bonds. The number of nitrogens with zero attached hydrogens (tertiary/aromatic N) is 3. The Bertz CT molecular complexity index is 1180. The number of urea groups is 1. The minimum atomic E-state index is -4.98. The number of carbonyl (C=O) groups excluding carboxylic acids is 2. The predicted molar refractivity (Wildman–Crippen MR) is 126 cm³/mol. The lowest BCUT2D eigenvalue weighted by Gasteiger charge is -2.46. The first-order chi connectivity index (χ1) is 17.1. The Morgan fingerprint density at radius 3 is 2.16 bits per heavy atom. The average Bonchev–Trinajstić information content (AvgIpc) is 3.37. The van der Waals surface area contributed by atoms with E-state index in [4.69, 9.17) is 0 Å². The van der Waals surface area contributed by atoms with Gasteiger partial charge in [0.2, 0.25) is 5.91 Å². The van der Waals surface area contributed by atoms with Gasteiger partial charge in [0.1, 0.15) is 0 Å². The van der Waals surface area contributed by atoms with E-state index in [0.717, 1.165) is 16.0 Å². The first-order valence-corrected chi connectivity index (χ1v) is 12.7. The van der Waals surface area contributed by atoms with E-state index in [-0.39, 0.29) is 30.1 Å². The van der Waals surface area contributed by atoms with Crippen LogP contribution in [-0.2, 0) is 17.1 Å². The number of fused-ring (bicyclic) bond motifs is 1. The quantitative estimate of drug-likeness (QED) is 0.409. The third-order valence-corrected chi connectivity index (χ3v) is 8.74. The summed E-state index contributed by atoms with van der Waals surface area (Å²) in [5.74, 6) is 0.0124. The van der Waals surface area contributed by atoms with Gasteiger partial charge in [0.05, 0.1) is 29.3 Å². The lowest BCUT2D eigenvalue weighted by molar-refractivity contribution is -0.143. The molecule has 3 unspecified atom stereocenters. The summed E-state index contributed by atoms with van der Waals surface area (Å²) in [6.45, 7) is 5.81. The molecule has 202 valence electrons. The molecule has 5 nitrogen and oxygen atoms in total. The van der Waals surface area contributed by atoms with Crippen molar-refractivity contribution in [1.29, 1.82) is 0 Å². The van der Waals surface area contributed by atoms with Crippen LogP contribution in [0.1, 0.15) is 64.5 Å². The zero-order valence-electron chi connectivity index (χ0n) is 20.7. The number of aryl methyl sites for hydroxylation is 1. The smallest absolute Gasteiger partial charge is 0.335 e. The molecule has 1 aromatic carbocycles. The van der Waals surface area contributed by atoms with Crippen molar-refractivity contribution >= 4 is 23.3 Å². The molecular weight excluding hydrogens is 520 g/mol. The Kier molecular flexibility index (Phi) is 7.02. The van der Waals surface area contributed by atoms with Crippen molar-refractivity contribution in [2.75, 3.05) is 20.1 Å². The molecule has 2 aromatic rings. The average molecular weight is 548 g/mol. The molecule has 3 heterocycles. The summed E-state index contributed by atoms with van der Waals surface area (Å²) in [6, 6.07) is -0.904. The zero-order chi connectivity index (χ0) is 27.4. The van der Waals surface area contributed by atoms with E-state index in [0.29, 0.717) is 31.5 Å². The van der Waals surface area contributed by atoms with Crippen molar-refractivity contribution in [2.24, 2.45) is 0 Å². The Hall–Kier alpha value is -2.76. The molecule has 2 aliphatic rings. The fourth-order valence-electron chi connectivity index (χ4n) is 5.09. The number of carbonyl (C=O) groups is 2. The summed E-state index contributed by atoms with van der Waals surface area (Å²) >= 11 is 1.48. The molecule has 2 fully saturated rings. The summed E-state index contributed by atoms with van der Waals surface area (Å²) in [5, 5.41) is 1.97. The molecule has 4 rings (SSSR count). The van der Waals surface area contributed by atoms with Gasteiger partial charge in [0, 0.05) is 31.4 Å². The van der Waals surface area contributed by atoms with Crippen LogP contribution in [0.5, 0.6) is 0 Å². The number of piperazine rings is 1. The van der Waals surface area contributed by atoms with Crippen LogP contribution in [0.3, 0.4) is 0 Å². The third kappa shape index (κ3) is 5.04. The second-order valence-corrected chi connectivity index (χ2v) is 10.6. The summed E-state index contributed by atoms with van der Waals surface area (Å²) < 4.78 is 80.4. The van der Waals surface area contributed by atoms with Crippen molar-refractivity contribution in [3.05, 3.63) is 56.3 Å². The Morgan fingerprint density at radius 1 is 1.05 bits per heavy atom. The van der Waals surface area contributed by atoms with Gasteiger partial charge in [0.15, 0.2) is 0 Å². The zero-order valence-corrected chi connectivity index (χ0v) is 21.5. The number of halogens is 6. The second kappa shape index (κ2) is 9.52. The highest BCUT2D eigenvalue weighted by Gasteiger charge is 2.47. The lowest BCUT2D eigenvalue weighted by Crippen LogP contribution is -2.57. The number of alkyl halides is 6. The number of rotatable bonds is 3. The van der Waals surface area contributed by atoms with Gasteiger partial charge in [0.25, 0.3) is 0 Å². The van der Waals surface area contributed by atoms with Gasteiger partial charge in [-0.05, 0) is 67.5 Å². The highest BCUT2D eigenvalue weighted by atomic mass is 32.1. The van der Waals surface area contributed by atoms with E-state index in [9.17, 15) is 35.9 Å². The molecule has 12 heteroatoms. The van der Waals surface area contributed by atoms with Gasteiger partial charge in [-0.3, -0.25) is 4.79 Å². The molecule has 0 saturated carbocycles. The monoisotopic (exact) mass is 547 g/mol. The normalized spacial score (nSPS) is 21.3. The molecule has 1 aromatic heterocycles. The number of hydrogen-bond donors (Lipinski definition) is 0. The molecule has 0 radical (unpaired) electrons. The minimum Gasteiger partial charge on any atom is -0.335 e. The van der Waals surface area contributed by atoms with Gasteiger partial charge in [-0.15, -0.1) is 11.3 Å². The number of hydrogen-bond acceptors (Lipinski definition) is 3. The van der Waals surface area contributed by atoms with Gasteiger partial charge >= 0.3 is 18.4 Å². The third-order valence-electron chi connectivity index (χ3n) is 7.47. The largest absolute Gasteiger partial charge is 0.416 e. The van der Waals surface area contributed by atoms with Crippen LogP contribution in [0.25, 0.3) is 0 Å². The molecule has 0 N–H and O–H groups in total. The highest BCUT2D eigenvalue weighted by molar-refractivity contribution is 7.10.